The van der Waals surface area contributed by atoms with Crippen LogP contribution in [0.2, 0.25) is 0 Å². The average molecular weight is 270 g/mol. The van der Waals surface area contributed by atoms with E-state index in [1.165, 1.54) is 30.0 Å². The highest BCUT2D eigenvalue weighted by Crippen LogP contribution is 2.40. The predicted octanol–water partition coefficient (Wildman–Crippen LogP) is 3.54. The molecule has 1 aromatic heterocycles. The summed E-state index contributed by atoms with van der Waals surface area (Å²) in [5, 5.41) is 0.513. The summed E-state index contributed by atoms with van der Waals surface area (Å²) < 4.78 is 0.756. The van der Waals surface area contributed by atoms with Crippen molar-refractivity contribution >= 4 is 35.7 Å². The number of hydrogen-bond acceptors (Lipinski definition) is 4. The molecule has 2 fully saturated rings. The minimum Gasteiger partial charge on any atom is -0.346 e. The molecule has 1 saturated carbocycles. The molecule has 1 unspecified atom stereocenters. The van der Waals surface area contributed by atoms with Gasteiger partial charge in [-0.15, -0.1) is 11.8 Å². The summed E-state index contributed by atoms with van der Waals surface area (Å²) >= 11 is 9.28. The van der Waals surface area contributed by atoms with E-state index in [1.54, 1.807) is 0 Å². The number of H-pyrrole nitrogens is 1. The summed E-state index contributed by atoms with van der Waals surface area (Å²) in [5.74, 6) is 5.49. The van der Waals surface area contributed by atoms with Crippen LogP contribution in [0.25, 0.3) is 0 Å². The largest absolute Gasteiger partial charge is 0.346 e. The van der Waals surface area contributed by atoms with Crippen LogP contribution in [0.1, 0.15) is 35.5 Å². The first-order chi connectivity index (χ1) is 7.83. The molecule has 5 heteroatoms. The van der Waals surface area contributed by atoms with Crippen molar-refractivity contribution in [2.45, 2.75) is 24.0 Å². The highest BCUT2D eigenvalue weighted by Gasteiger charge is 2.26. The standard InChI is InChI=1S/C11H14N2S3/c14-10-5-8(7-1-2-7)12-11(13-10)9-6-15-3-4-16-9/h5,7,9H,1-4,6H2,(H,12,13,14). The second kappa shape index (κ2) is 4.70. The lowest BCUT2D eigenvalue weighted by Crippen LogP contribution is -2.11. The number of hydrogen-bond donors (Lipinski definition) is 1. The molecule has 3 rings (SSSR count). The molecule has 1 saturated heterocycles. The van der Waals surface area contributed by atoms with Gasteiger partial charge in [-0.2, -0.15) is 11.8 Å². The van der Waals surface area contributed by atoms with Crippen molar-refractivity contribution in [3.63, 3.8) is 0 Å². The van der Waals surface area contributed by atoms with E-state index in [4.69, 9.17) is 12.2 Å². The lowest BCUT2D eigenvalue weighted by Gasteiger charge is -2.20. The summed E-state index contributed by atoms with van der Waals surface area (Å²) in [4.78, 5) is 8.00. The fraction of sp³-hybridized carbons (Fsp3) is 0.636. The Hall–Kier alpha value is -0.0000000000000000555. The van der Waals surface area contributed by atoms with E-state index in [1.807, 2.05) is 29.6 Å². The van der Waals surface area contributed by atoms with Crippen molar-refractivity contribution in [2.24, 2.45) is 0 Å². The molecule has 0 spiro atoms. The highest BCUT2D eigenvalue weighted by atomic mass is 32.2. The van der Waals surface area contributed by atoms with Crippen LogP contribution in [-0.2, 0) is 0 Å². The van der Waals surface area contributed by atoms with Gasteiger partial charge >= 0.3 is 0 Å². The first kappa shape index (κ1) is 11.1. The zero-order valence-electron chi connectivity index (χ0n) is 8.94. The molecule has 2 nitrogen and oxygen atoms in total. The number of thioether (sulfide) groups is 2. The molecule has 16 heavy (non-hydrogen) atoms. The fourth-order valence-corrected chi connectivity index (χ4v) is 4.76. The number of aromatic amines is 1. The second-order valence-corrected chi connectivity index (χ2v) is 7.15. The van der Waals surface area contributed by atoms with E-state index in [2.05, 4.69) is 9.97 Å². The Morgan fingerprint density at radius 3 is 2.94 bits per heavy atom. The Balaban J connectivity index is 1.89. The molecule has 1 aliphatic heterocycles. The van der Waals surface area contributed by atoms with Crippen molar-refractivity contribution in [3.05, 3.63) is 22.2 Å². The summed E-state index contributed by atoms with van der Waals surface area (Å²) in [6, 6.07) is 2.04. The lowest BCUT2D eigenvalue weighted by atomic mass is 10.3. The first-order valence-electron chi connectivity index (χ1n) is 5.63. The average Bonchev–Trinajstić information content (AvgIpc) is 3.13. The van der Waals surface area contributed by atoms with E-state index >= 15 is 0 Å². The summed E-state index contributed by atoms with van der Waals surface area (Å²) in [6.45, 7) is 0. The maximum absolute atomic E-state index is 5.26. The molecular weight excluding hydrogens is 256 g/mol. The van der Waals surface area contributed by atoms with Crippen LogP contribution in [0.3, 0.4) is 0 Å². The molecule has 1 aliphatic carbocycles. The predicted molar refractivity (Wildman–Crippen MR) is 73.9 cm³/mol. The van der Waals surface area contributed by atoms with Gasteiger partial charge in [-0.3, -0.25) is 0 Å². The van der Waals surface area contributed by atoms with Gasteiger partial charge in [0.25, 0.3) is 0 Å². The van der Waals surface area contributed by atoms with Crippen LogP contribution in [0.5, 0.6) is 0 Å². The van der Waals surface area contributed by atoms with Crippen LogP contribution in [0.4, 0.5) is 0 Å². The molecule has 1 aromatic rings. The molecule has 2 heterocycles. The maximum Gasteiger partial charge on any atom is 0.130 e. The number of rotatable bonds is 2. The molecule has 0 bridgehead atoms. The van der Waals surface area contributed by atoms with Gasteiger partial charge < -0.3 is 4.98 Å². The van der Waals surface area contributed by atoms with Crippen molar-refractivity contribution in [2.75, 3.05) is 17.3 Å². The lowest BCUT2D eigenvalue weighted by molar-refractivity contribution is 0.867. The third kappa shape index (κ3) is 2.46. The Bertz CT molecular complexity index is 433. The summed E-state index contributed by atoms with van der Waals surface area (Å²) in [6.07, 6.45) is 2.61. The van der Waals surface area contributed by atoms with Gasteiger partial charge in [0.05, 0.1) is 5.25 Å². The van der Waals surface area contributed by atoms with E-state index in [9.17, 15) is 0 Å². The van der Waals surface area contributed by atoms with Gasteiger partial charge in [-0.1, -0.05) is 12.2 Å². The number of aromatic nitrogens is 2. The van der Waals surface area contributed by atoms with Crippen LogP contribution in [0.15, 0.2) is 6.07 Å². The summed E-state index contributed by atoms with van der Waals surface area (Å²) in [7, 11) is 0. The molecule has 1 atom stereocenters. The third-order valence-electron chi connectivity index (χ3n) is 2.92. The second-order valence-electron chi connectivity index (χ2n) is 4.27. The molecule has 0 aromatic carbocycles. The Morgan fingerprint density at radius 2 is 2.25 bits per heavy atom. The quantitative estimate of drug-likeness (QED) is 0.832. The Labute approximate surface area is 109 Å². The van der Waals surface area contributed by atoms with Gasteiger partial charge in [0.1, 0.15) is 10.5 Å². The van der Waals surface area contributed by atoms with Crippen molar-refractivity contribution in [3.8, 4) is 0 Å². The van der Waals surface area contributed by atoms with E-state index in [-0.39, 0.29) is 0 Å². The van der Waals surface area contributed by atoms with Crippen molar-refractivity contribution in [1.29, 1.82) is 0 Å². The van der Waals surface area contributed by atoms with Crippen LogP contribution in [-0.4, -0.2) is 27.2 Å². The van der Waals surface area contributed by atoms with Crippen LogP contribution >= 0.6 is 35.7 Å². The minimum absolute atomic E-state index is 0.513. The summed E-state index contributed by atoms with van der Waals surface area (Å²) in [5.41, 5.74) is 1.31. The molecule has 86 valence electrons. The molecule has 2 aliphatic rings. The van der Waals surface area contributed by atoms with Gasteiger partial charge in [0, 0.05) is 23.0 Å². The van der Waals surface area contributed by atoms with E-state index in [0.717, 1.165) is 22.1 Å². The SMILES string of the molecule is S=c1cc(C2CC2)[nH]c(C2CSCCS2)n1. The molecule has 1 N–H and O–H groups in total. The van der Waals surface area contributed by atoms with E-state index < -0.39 is 0 Å². The Kier molecular flexibility index (Phi) is 3.27. The molecular formula is C11H14N2S3. The number of nitrogens with one attached hydrogen (secondary N) is 1. The topological polar surface area (TPSA) is 28.7 Å². The van der Waals surface area contributed by atoms with E-state index in [0.29, 0.717) is 5.25 Å². The maximum atomic E-state index is 5.26. The van der Waals surface area contributed by atoms with Gasteiger partial charge in [-0.05, 0) is 24.8 Å². The third-order valence-corrected chi connectivity index (χ3v) is 5.89. The van der Waals surface area contributed by atoms with Crippen molar-refractivity contribution < 1.29 is 0 Å². The zero-order valence-corrected chi connectivity index (χ0v) is 11.4. The zero-order chi connectivity index (χ0) is 11.0. The van der Waals surface area contributed by atoms with Gasteiger partial charge in [0.15, 0.2) is 0 Å². The normalized spacial score (nSPS) is 25.6. The fourth-order valence-electron chi connectivity index (χ4n) is 1.91. The van der Waals surface area contributed by atoms with Crippen LogP contribution in [0, 0.1) is 4.64 Å². The van der Waals surface area contributed by atoms with Gasteiger partial charge in [0.2, 0.25) is 0 Å². The number of nitrogens with zero attached hydrogens (tertiary/aromatic N) is 1. The smallest absolute Gasteiger partial charge is 0.130 e. The first-order valence-corrected chi connectivity index (χ1v) is 8.24. The molecule has 0 amide bonds. The monoisotopic (exact) mass is 270 g/mol. The van der Waals surface area contributed by atoms with Gasteiger partial charge in [-0.25, -0.2) is 4.98 Å². The van der Waals surface area contributed by atoms with Crippen molar-refractivity contribution in [1.82, 2.24) is 9.97 Å². The highest BCUT2D eigenvalue weighted by molar-refractivity contribution is 8.06. The Morgan fingerprint density at radius 1 is 1.38 bits per heavy atom. The minimum atomic E-state index is 0.513. The van der Waals surface area contributed by atoms with Crippen LogP contribution < -0.4 is 0 Å². The molecule has 0 radical (unpaired) electrons.